The van der Waals surface area contributed by atoms with Gasteiger partial charge in [-0.15, -0.1) is 0 Å². The lowest BCUT2D eigenvalue weighted by atomic mass is 10.2. The van der Waals surface area contributed by atoms with Gasteiger partial charge in [0.05, 0.1) is 12.4 Å². The molecular weight excluding hydrogens is 216 g/mol. The average molecular weight is 228 g/mol. The highest BCUT2D eigenvalue weighted by Crippen LogP contribution is 2.19. The molecule has 3 N–H and O–H groups in total. The summed E-state index contributed by atoms with van der Waals surface area (Å²) in [5.41, 5.74) is 6.72. The Morgan fingerprint density at radius 3 is 2.71 bits per heavy atom. The molecule has 1 heterocycles. The highest BCUT2D eigenvalue weighted by Gasteiger charge is 2.02. The van der Waals surface area contributed by atoms with Gasteiger partial charge in [-0.2, -0.15) is 0 Å². The maximum atomic E-state index is 7.19. The summed E-state index contributed by atoms with van der Waals surface area (Å²) in [6.45, 7) is 1.98. The predicted molar refractivity (Wildman–Crippen MR) is 64.3 cm³/mol. The Bertz CT molecular complexity index is 536. The Labute approximate surface area is 98.8 Å². The SMILES string of the molecule is Cc1cccc(Oc2cnc(C(=N)N)cn2)c1. The third-order valence-electron chi connectivity index (χ3n) is 2.12. The summed E-state index contributed by atoms with van der Waals surface area (Å²) in [4.78, 5) is 7.98. The van der Waals surface area contributed by atoms with Gasteiger partial charge in [0.25, 0.3) is 0 Å². The highest BCUT2D eigenvalue weighted by molar-refractivity contribution is 5.92. The van der Waals surface area contributed by atoms with Gasteiger partial charge >= 0.3 is 0 Å². The Morgan fingerprint density at radius 1 is 1.29 bits per heavy atom. The number of nitrogen functional groups attached to an aromatic ring is 1. The van der Waals surface area contributed by atoms with Crippen molar-refractivity contribution in [2.45, 2.75) is 6.92 Å². The number of aromatic nitrogens is 2. The van der Waals surface area contributed by atoms with Crippen molar-refractivity contribution in [3.05, 3.63) is 47.9 Å². The number of amidine groups is 1. The van der Waals surface area contributed by atoms with Gasteiger partial charge in [0, 0.05) is 0 Å². The maximum absolute atomic E-state index is 7.19. The van der Waals surface area contributed by atoms with Crippen molar-refractivity contribution in [1.29, 1.82) is 5.41 Å². The fourth-order valence-electron chi connectivity index (χ4n) is 1.31. The molecule has 0 fully saturated rings. The molecule has 2 aromatic rings. The number of ether oxygens (including phenoxy) is 1. The number of benzene rings is 1. The highest BCUT2D eigenvalue weighted by atomic mass is 16.5. The molecule has 0 unspecified atom stereocenters. The molecule has 0 aliphatic carbocycles. The molecule has 5 heteroatoms. The van der Waals surface area contributed by atoms with E-state index >= 15 is 0 Å². The van der Waals surface area contributed by atoms with E-state index in [4.69, 9.17) is 15.9 Å². The monoisotopic (exact) mass is 228 g/mol. The Balaban J connectivity index is 2.16. The Hall–Kier alpha value is -2.43. The molecule has 86 valence electrons. The van der Waals surface area contributed by atoms with Crippen LogP contribution in [0.25, 0.3) is 0 Å². The van der Waals surface area contributed by atoms with Crippen molar-refractivity contribution < 1.29 is 4.74 Å². The first-order chi connectivity index (χ1) is 8.15. The smallest absolute Gasteiger partial charge is 0.237 e. The van der Waals surface area contributed by atoms with Crippen LogP contribution in [0.3, 0.4) is 0 Å². The maximum Gasteiger partial charge on any atom is 0.237 e. The lowest BCUT2D eigenvalue weighted by Crippen LogP contribution is -2.13. The van der Waals surface area contributed by atoms with Crippen molar-refractivity contribution in [3.63, 3.8) is 0 Å². The zero-order valence-corrected chi connectivity index (χ0v) is 9.34. The number of nitrogens with zero attached hydrogens (tertiary/aromatic N) is 2. The first kappa shape index (κ1) is 11.1. The molecule has 2 rings (SSSR count). The van der Waals surface area contributed by atoms with Gasteiger partial charge in [0.15, 0.2) is 0 Å². The standard InChI is InChI=1S/C12H12N4O/c1-8-3-2-4-9(5-8)17-11-7-15-10(6-16-11)12(13)14/h2-7H,1H3,(H3,13,14). The minimum atomic E-state index is -0.111. The summed E-state index contributed by atoms with van der Waals surface area (Å²) in [7, 11) is 0. The van der Waals surface area contributed by atoms with Crippen LogP contribution in [0.5, 0.6) is 11.6 Å². The summed E-state index contributed by atoms with van der Waals surface area (Å²) >= 11 is 0. The van der Waals surface area contributed by atoms with Crippen LogP contribution in [-0.4, -0.2) is 15.8 Å². The van der Waals surface area contributed by atoms with Crippen LogP contribution in [0.1, 0.15) is 11.3 Å². The topological polar surface area (TPSA) is 84.9 Å². The van der Waals surface area contributed by atoms with Crippen molar-refractivity contribution in [1.82, 2.24) is 9.97 Å². The number of nitrogens with two attached hydrogens (primary N) is 1. The van der Waals surface area contributed by atoms with Gasteiger partial charge < -0.3 is 10.5 Å². The van der Waals surface area contributed by atoms with Crippen molar-refractivity contribution in [2.24, 2.45) is 5.73 Å². The van der Waals surface area contributed by atoms with Crippen LogP contribution in [0, 0.1) is 12.3 Å². The van der Waals surface area contributed by atoms with Gasteiger partial charge in [-0.1, -0.05) is 12.1 Å². The minimum absolute atomic E-state index is 0.111. The quantitative estimate of drug-likeness (QED) is 0.620. The van der Waals surface area contributed by atoms with E-state index in [1.54, 1.807) is 0 Å². The molecule has 0 saturated heterocycles. The Morgan fingerprint density at radius 2 is 2.12 bits per heavy atom. The third-order valence-corrected chi connectivity index (χ3v) is 2.12. The van der Waals surface area contributed by atoms with Gasteiger partial charge in [0.2, 0.25) is 5.88 Å². The molecule has 0 aliphatic heterocycles. The lowest BCUT2D eigenvalue weighted by molar-refractivity contribution is 0.459. The van der Waals surface area contributed by atoms with E-state index in [1.807, 2.05) is 31.2 Å². The van der Waals surface area contributed by atoms with E-state index in [0.29, 0.717) is 17.3 Å². The number of hydrogen-bond donors (Lipinski definition) is 2. The van der Waals surface area contributed by atoms with Crippen LogP contribution in [0.15, 0.2) is 36.7 Å². The molecule has 0 saturated carbocycles. The summed E-state index contributed by atoms with van der Waals surface area (Å²) in [5, 5.41) is 7.19. The van der Waals surface area contributed by atoms with Crippen molar-refractivity contribution in [3.8, 4) is 11.6 Å². The molecule has 0 radical (unpaired) electrons. The van der Waals surface area contributed by atoms with Crippen LogP contribution in [0.2, 0.25) is 0 Å². The fourth-order valence-corrected chi connectivity index (χ4v) is 1.31. The van der Waals surface area contributed by atoms with E-state index in [-0.39, 0.29) is 5.84 Å². The number of nitrogens with one attached hydrogen (secondary N) is 1. The first-order valence-corrected chi connectivity index (χ1v) is 5.06. The largest absolute Gasteiger partial charge is 0.437 e. The van der Waals surface area contributed by atoms with E-state index in [1.165, 1.54) is 12.4 Å². The summed E-state index contributed by atoms with van der Waals surface area (Å²) in [6.07, 6.45) is 2.85. The van der Waals surface area contributed by atoms with E-state index in [2.05, 4.69) is 9.97 Å². The molecule has 0 amide bonds. The number of hydrogen-bond acceptors (Lipinski definition) is 4. The van der Waals surface area contributed by atoms with Crippen LogP contribution in [-0.2, 0) is 0 Å². The van der Waals surface area contributed by atoms with E-state index in [0.717, 1.165) is 5.56 Å². The van der Waals surface area contributed by atoms with E-state index in [9.17, 15) is 0 Å². The predicted octanol–water partition coefficient (Wildman–Crippen LogP) is 1.86. The van der Waals surface area contributed by atoms with Gasteiger partial charge in [-0.25, -0.2) is 9.97 Å². The second-order valence-electron chi connectivity index (χ2n) is 3.57. The summed E-state index contributed by atoms with van der Waals surface area (Å²) < 4.78 is 5.51. The lowest BCUT2D eigenvalue weighted by Gasteiger charge is -2.05. The zero-order chi connectivity index (χ0) is 12.3. The summed E-state index contributed by atoms with van der Waals surface area (Å²) in [5.74, 6) is 0.968. The molecule has 1 aromatic carbocycles. The molecule has 0 spiro atoms. The van der Waals surface area contributed by atoms with E-state index < -0.39 is 0 Å². The molecular formula is C12H12N4O. The minimum Gasteiger partial charge on any atom is -0.437 e. The third kappa shape index (κ3) is 2.78. The first-order valence-electron chi connectivity index (χ1n) is 5.06. The molecule has 1 aromatic heterocycles. The zero-order valence-electron chi connectivity index (χ0n) is 9.34. The molecule has 5 nitrogen and oxygen atoms in total. The molecule has 0 bridgehead atoms. The Kier molecular flexibility index (Phi) is 3.00. The van der Waals surface area contributed by atoms with Crippen LogP contribution >= 0.6 is 0 Å². The normalized spacial score (nSPS) is 9.94. The molecule has 0 atom stereocenters. The summed E-state index contributed by atoms with van der Waals surface area (Å²) in [6, 6.07) is 7.63. The fraction of sp³-hybridized carbons (Fsp3) is 0.0833. The molecule has 17 heavy (non-hydrogen) atoms. The van der Waals surface area contributed by atoms with Gasteiger partial charge in [-0.05, 0) is 24.6 Å². The van der Waals surface area contributed by atoms with Gasteiger partial charge in [-0.3, -0.25) is 5.41 Å². The van der Waals surface area contributed by atoms with Crippen LogP contribution in [0.4, 0.5) is 0 Å². The van der Waals surface area contributed by atoms with Crippen molar-refractivity contribution in [2.75, 3.05) is 0 Å². The van der Waals surface area contributed by atoms with Crippen LogP contribution < -0.4 is 10.5 Å². The number of rotatable bonds is 3. The number of aryl methyl sites for hydroxylation is 1. The average Bonchev–Trinajstić information content (AvgIpc) is 2.29. The second kappa shape index (κ2) is 4.61. The molecule has 0 aliphatic rings. The van der Waals surface area contributed by atoms with Gasteiger partial charge in [0.1, 0.15) is 17.3 Å². The second-order valence-corrected chi connectivity index (χ2v) is 3.57. The van der Waals surface area contributed by atoms with Crippen molar-refractivity contribution >= 4 is 5.84 Å².